The number of ether oxygens (including phenoxy) is 1. The zero-order valence-electron chi connectivity index (χ0n) is 17.1. The van der Waals surface area contributed by atoms with Crippen LogP contribution in [0.3, 0.4) is 0 Å². The molecule has 7 nitrogen and oxygen atoms in total. The second-order valence-corrected chi connectivity index (χ2v) is 8.27. The van der Waals surface area contributed by atoms with Crippen molar-refractivity contribution in [2.75, 3.05) is 7.11 Å². The van der Waals surface area contributed by atoms with Gasteiger partial charge in [-0.1, -0.05) is 49.9 Å². The van der Waals surface area contributed by atoms with E-state index in [9.17, 15) is 4.79 Å². The van der Waals surface area contributed by atoms with Crippen LogP contribution in [0.25, 0.3) is 22.3 Å². The first kappa shape index (κ1) is 20.2. The molecule has 0 unspecified atom stereocenters. The molecule has 0 aliphatic carbocycles. The monoisotopic (exact) mass is 421 g/mol. The number of rotatable bonds is 7. The molecule has 4 rings (SSSR count). The lowest BCUT2D eigenvalue weighted by molar-refractivity contribution is 0.415. The van der Waals surface area contributed by atoms with Crippen molar-refractivity contribution >= 4 is 22.7 Å². The highest BCUT2D eigenvalue weighted by Gasteiger charge is 2.18. The van der Waals surface area contributed by atoms with Gasteiger partial charge in [0.25, 0.3) is 5.56 Å². The second kappa shape index (κ2) is 8.71. The molecule has 0 aliphatic heterocycles. The summed E-state index contributed by atoms with van der Waals surface area (Å²) in [5.74, 6) is 3.03. The van der Waals surface area contributed by atoms with Crippen molar-refractivity contribution in [2.24, 2.45) is 5.92 Å². The van der Waals surface area contributed by atoms with E-state index in [-0.39, 0.29) is 5.56 Å². The number of para-hydroxylation sites is 2. The molecule has 154 valence electrons. The van der Waals surface area contributed by atoms with E-state index in [1.807, 2.05) is 42.5 Å². The second-order valence-electron chi connectivity index (χ2n) is 7.33. The highest BCUT2D eigenvalue weighted by atomic mass is 32.2. The van der Waals surface area contributed by atoms with Crippen molar-refractivity contribution in [3.8, 4) is 17.1 Å². The van der Waals surface area contributed by atoms with Crippen LogP contribution in [0.15, 0.2) is 58.5 Å². The van der Waals surface area contributed by atoms with Crippen molar-refractivity contribution in [3.63, 3.8) is 0 Å². The van der Waals surface area contributed by atoms with Crippen LogP contribution in [0.4, 0.5) is 0 Å². The van der Waals surface area contributed by atoms with Gasteiger partial charge in [0.05, 0.1) is 29.3 Å². The zero-order valence-corrected chi connectivity index (χ0v) is 17.9. The van der Waals surface area contributed by atoms with Gasteiger partial charge in [0.1, 0.15) is 11.6 Å². The fourth-order valence-corrected chi connectivity index (χ4v) is 4.11. The Morgan fingerprint density at radius 3 is 2.67 bits per heavy atom. The molecule has 1 N–H and O–H groups in total. The highest BCUT2D eigenvalue weighted by Crippen LogP contribution is 2.32. The quantitative estimate of drug-likeness (QED) is 0.452. The normalized spacial score (nSPS) is 11.3. The Balaban J connectivity index is 1.66. The van der Waals surface area contributed by atoms with Gasteiger partial charge in [-0.3, -0.25) is 4.79 Å². The van der Waals surface area contributed by atoms with E-state index in [0.717, 1.165) is 28.8 Å². The van der Waals surface area contributed by atoms with Gasteiger partial charge in [0, 0.05) is 6.54 Å². The molecule has 2 aromatic heterocycles. The van der Waals surface area contributed by atoms with Crippen LogP contribution in [-0.2, 0) is 12.3 Å². The van der Waals surface area contributed by atoms with Gasteiger partial charge in [-0.15, -0.1) is 10.2 Å². The fraction of sp³-hybridized carbons (Fsp3) is 0.273. The van der Waals surface area contributed by atoms with Gasteiger partial charge < -0.3 is 14.3 Å². The lowest BCUT2D eigenvalue weighted by Crippen LogP contribution is -2.12. The molecular formula is C22H23N5O2S. The molecule has 0 saturated carbocycles. The molecule has 0 aliphatic rings. The van der Waals surface area contributed by atoms with E-state index in [4.69, 9.17) is 4.74 Å². The summed E-state index contributed by atoms with van der Waals surface area (Å²) in [5, 5.41) is 10.2. The average molecular weight is 422 g/mol. The van der Waals surface area contributed by atoms with E-state index < -0.39 is 0 Å². The number of nitrogens with zero attached hydrogens (tertiary/aromatic N) is 4. The van der Waals surface area contributed by atoms with Gasteiger partial charge in [0.2, 0.25) is 0 Å². The third-order valence-corrected chi connectivity index (χ3v) is 5.59. The Kier molecular flexibility index (Phi) is 5.85. The lowest BCUT2D eigenvalue weighted by atomic mass is 10.1. The number of thioether (sulfide) groups is 1. The van der Waals surface area contributed by atoms with Gasteiger partial charge in [0.15, 0.2) is 11.0 Å². The minimum Gasteiger partial charge on any atom is -0.496 e. The lowest BCUT2D eigenvalue weighted by Gasteiger charge is -2.14. The topological polar surface area (TPSA) is 85.7 Å². The maximum atomic E-state index is 12.3. The van der Waals surface area contributed by atoms with Crippen LogP contribution in [0, 0.1) is 5.92 Å². The summed E-state index contributed by atoms with van der Waals surface area (Å²) < 4.78 is 7.62. The maximum Gasteiger partial charge on any atom is 0.258 e. The van der Waals surface area contributed by atoms with Crippen molar-refractivity contribution < 1.29 is 4.74 Å². The standard InChI is InChI=1S/C22H23N5O2S/c1-14(2)12-27-20(16-9-5-7-11-18(16)29-3)25-26-22(27)30-13-19-23-17-10-6-4-8-15(17)21(28)24-19/h4-11,14H,12-13H2,1-3H3,(H,23,24,28). The number of fused-ring (bicyclic) bond motifs is 1. The van der Waals surface area contributed by atoms with Crippen molar-refractivity contribution in [1.29, 1.82) is 0 Å². The number of aromatic nitrogens is 5. The zero-order chi connectivity index (χ0) is 21.1. The van der Waals surface area contributed by atoms with E-state index in [2.05, 4.69) is 38.6 Å². The molecule has 0 fully saturated rings. The molecule has 0 spiro atoms. The first-order valence-corrected chi connectivity index (χ1v) is 10.7. The minimum atomic E-state index is -0.130. The van der Waals surface area contributed by atoms with Crippen LogP contribution in [-0.4, -0.2) is 31.8 Å². The molecule has 0 atom stereocenters. The van der Waals surface area contributed by atoms with Crippen molar-refractivity contribution in [2.45, 2.75) is 31.3 Å². The molecule has 8 heteroatoms. The van der Waals surface area contributed by atoms with Crippen LogP contribution in [0.2, 0.25) is 0 Å². The molecule has 0 bridgehead atoms. The summed E-state index contributed by atoms with van der Waals surface area (Å²) in [6, 6.07) is 15.1. The molecule has 0 saturated heterocycles. The number of hydrogen-bond donors (Lipinski definition) is 1. The number of hydrogen-bond acceptors (Lipinski definition) is 6. The Labute approximate surface area is 178 Å². The van der Waals surface area contributed by atoms with Crippen LogP contribution in [0.5, 0.6) is 5.75 Å². The predicted molar refractivity (Wildman–Crippen MR) is 119 cm³/mol. The van der Waals surface area contributed by atoms with E-state index in [1.165, 1.54) is 11.8 Å². The molecular weight excluding hydrogens is 398 g/mol. The summed E-state index contributed by atoms with van der Waals surface area (Å²) >= 11 is 1.50. The molecule has 0 radical (unpaired) electrons. The third kappa shape index (κ3) is 4.09. The van der Waals surface area contributed by atoms with Gasteiger partial charge in [-0.2, -0.15) is 0 Å². The Morgan fingerprint density at radius 1 is 1.10 bits per heavy atom. The third-order valence-electron chi connectivity index (χ3n) is 4.61. The molecule has 30 heavy (non-hydrogen) atoms. The van der Waals surface area contributed by atoms with E-state index >= 15 is 0 Å². The summed E-state index contributed by atoms with van der Waals surface area (Å²) in [5.41, 5.74) is 1.46. The summed E-state index contributed by atoms with van der Waals surface area (Å²) in [4.78, 5) is 19.8. The first-order chi connectivity index (χ1) is 14.6. The minimum absolute atomic E-state index is 0.130. The van der Waals surface area contributed by atoms with Crippen LogP contribution >= 0.6 is 11.8 Å². The Hall–Kier alpha value is -3.13. The molecule has 2 aromatic carbocycles. The SMILES string of the molecule is COc1ccccc1-c1nnc(SCc2nc3ccccc3c(=O)[nH]2)n1CC(C)C. The average Bonchev–Trinajstić information content (AvgIpc) is 3.13. The fourth-order valence-electron chi connectivity index (χ4n) is 3.29. The summed E-state index contributed by atoms with van der Waals surface area (Å²) in [6.07, 6.45) is 0. The number of aromatic amines is 1. The largest absolute Gasteiger partial charge is 0.496 e. The number of methoxy groups -OCH3 is 1. The number of nitrogens with one attached hydrogen (secondary N) is 1. The van der Waals surface area contributed by atoms with Crippen LogP contribution < -0.4 is 10.3 Å². The summed E-state index contributed by atoms with van der Waals surface area (Å²) in [7, 11) is 1.65. The Bertz CT molecular complexity index is 1230. The molecule has 2 heterocycles. The Morgan fingerprint density at radius 2 is 1.87 bits per heavy atom. The number of H-pyrrole nitrogens is 1. The smallest absolute Gasteiger partial charge is 0.258 e. The van der Waals surface area contributed by atoms with E-state index in [0.29, 0.717) is 28.4 Å². The molecule has 4 aromatic rings. The summed E-state index contributed by atoms with van der Waals surface area (Å²) in [6.45, 7) is 5.08. The van der Waals surface area contributed by atoms with E-state index in [1.54, 1.807) is 13.2 Å². The van der Waals surface area contributed by atoms with Gasteiger partial charge >= 0.3 is 0 Å². The first-order valence-electron chi connectivity index (χ1n) is 9.74. The maximum absolute atomic E-state index is 12.3. The predicted octanol–water partition coefficient (Wildman–Crippen LogP) is 4.14. The van der Waals surface area contributed by atoms with Gasteiger partial charge in [-0.05, 0) is 30.2 Å². The molecule has 0 amide bonds. The highest BCUT2D eigenvalue weighted by molar-refractivity contribution is 7.98. The van der Waals surface area contributed by atoms with Gasteiger partial charge in [-0.25, -0.2) is 4.98 Å². The van der Waals surface area contributed by atoms with Crippen molar-refractivity contribution in [3.05, 3.63) is 64.7 Å². The number of benzene rings is 2. The van der Waals surface area contributed by atoms with Crippen molar-refractivity contribution in [1.82, 2.24) is 24.7 Å². The van der Waals surface area contributed by atoms with Crippen LogP contribution in [0.1, 0.15) is 19.7 Å².